The number of urea groups is 1. The normalized spacial score (nSPS) is 26.3. The molecule has 0 bridgehead atoms. The van der Waals surface area contributed by atoms with Crippen molar-refractivity contribution < 1.29 is 14.3 Å². The van der Waals surface area contributed by atoms with Gasteiger partial charge in [-0.3, -0.25) is 4.90 Å². The lowest BCUT2D eigenvalue weighted by Gasteiger charge is -2.32. The lowest BCUT2D eigenvalue weighted by molar-refractivity contribution is -0.138. The molecule has 2 fully saturated rings. The molecule has 1 atom stereocenters. The molecule has 6 nitrogen and oxygen atoms in total. The summed E-state index contributed by atoms with van der Waals surface area (Å²) in [5.74, 6) is 0.452. The van der Waals surface area contributed by atoms with Crippen LogP contribution in [0, 0.1) is 5.92 Å². The molecule has 2 N–H and O–H groups in total. The van der Waals surface area contributed by atoms with Gasteiger partial charge in [-0.15, -0.1) is 0 Å². The topological polar surface area (TPSA) is 70.7 Å². The van der Waals surface area contributed by atoms with Crippen LogP contribution in [-0.4, -0.2) is 49.2 Å². The molecule has 2 aliphatic heterocycles. The van der Waals surface area contributed by atoms with Crippen molar-refractivity contribution in [2.75, 3.05) is 26.2 Å². The summed E-state index contributed by atoms with van der Waals surface area (Å²) in [4.78, 5) is 26.3. The van der Waals surface area contributed by atoms with Crippen LogP contribution in [0.25, 0.3) is 0 Å². The second kappa shape index (κ2) is 7.34. The summed E-state index contributed by atoms with van der Waals surface area (Å²) in [7, 11) is 0. The number of esters is 1. The highest BCUT2D eigenvalue weighted by Gasteiger charge is 2.35. The Labute approximate surface area is 137 Å². The second-order valence-electron chi connectivity index (χ2n) is 6.71. The Bertz CT molecular complexity index is 497. The van der Waals surface area contributed by atoms with Crippen molar-refractivity contribution in [2.45, 2.75) is 51.5 Å². The molecule has 1 saturated heterocycles. The molecule has 2 amide bonds. The molecule has 0 aromatic carbocycles. The van der Waals surface area contributed by atoms with Crippen molar-refractivity contribution in [3.63, 3.8) is 0 Å². The largest absolute Gasteiger partial charge is 0.463 e. The molecule has 6 heteroatoms. The molecule has 3 aliphatic rings. The van der Waals surface area contributed by atoms with Crippen LogP contribution in [0.5, 0.6) is 0 Å². The smallest absolute Gasteiger partial charge is 0.337 e. The van der Waals surface area contributed by atoms with Crippen molar-refractivity contribution in [2.24, 2.45) is 5.92 Å². The number of nitrogens with zero attached hydrogens (tertiary/aromatic N) is 1. The maximum absolute atomic E-state index is 12.1. The minimum atomic E-state index is -0.327. The van der Waals surface area contributed by atoms with Crippen molar-refractivity contribution in [3.05, 3.63) is 11.3 Å². The van der Waals surface area contributed by atoms with Crippen LogP contribution in [0.15, 0.2) is 11.3 Å². The third kappa shape index (κ3) is 3.68. The summed E-state index contributed by atoms with van der Waals surface area (Å²) in [6.45, 7) is 4.08. The number of ether oxygens (including phenoxy) is 1. The Kier molecular flexibility index (Phi) is 5.20. The van der Waals surface area contributed by atoms with Crippen molar-refractivity contribution in [1.29, 1.82) is 0 Å². The van der Waals surface area contributed by atoms with Crippen LogP contribution >= 0.6 is 0 Å². The highest BCUT2D eigenvalue weighted by atomic mass is 16.5. The van der Waals surface area contributed by atoms with Crippen molar-refractivity contribution >= 4 is 12.0 Å². The second-order valence-corrected chi connectivity index (χ2v) is 6.71. The number of carbonyl (C=O) groups excluding carboxylic acids is 2. The van der Waals surface area contributed by atoms with E-state index in [9.17, 15) is 9.59 Å². The highest BCUT2D eigenvalue weighted by molar-refractivity contribution is 5.93. The highest BCUT2D eigenvalue weighted by Crippen LogP contribution is 2.35. The minimum absolute atomic E-state index is 0.232. The molecule has 2 heterocycles. The fourth-order valence-corrected chi connectivity index (χ4v) is 4.21. The lowest BCUT2D eigenvalue weighted by Crippen LogP contribution is -2.48. The Morgan fingerprint density at radius 1 is 1.26 bits per heavy atom. The zero-order valence-corrected chi connectivity index (χ0v) is 13.9. The van der Waals surface area contributed by atoms with E-state index in [0.717, 1.165) is 18.2 Å². The summed E-state index contributed by atoms with van der Waals surface area (Å²) in [5.41, 5.74) is 1.28. The number of rotatable bonds is 5. The van der Waals surface area contributed by atoms with Crippen LogP contribution in [0.4, 0.5) is 4.79 Å². The van der Waals surface area contributed by atoms with E-state index in [1.54, 1.807) is 6.92 Å². The van der Waals surface area contributed by atoms with Crippen LogP contribution in [0.3, 0.4) is 0 Å². The minimum Gasteiger partial charge on any atom is -0.463 e. The van der Waals surface area contributed by atoms with Crippen LogP contribution in [0.1, 0.15) is 45.4 Å². The van der Waals surface area contributed by atoms with Crippen molar-refractivity contribution in [1.82, 2.24) is 15.5 Å². The SMILES string of the molecule is CCOC(=O)C1=C(CN2CCC[C@@H]2C2CCCC2)NC(=O)NC1. The third-order valence-electron chi connectivity index (χ3n) is 5.30. The molecule has 0 aromatic heterocycles. The Morgan fingerprint density at radius 2 is 2.04 bits per heavy atom. The molecule has 0 radical (unpaired) electrons. The molecule has 0 unspecified atom stereocenters. The van der Waals surface area contributed by atoms with Gasteiger partial charge >= 0.3 is 12.0 Å². The predicted octanol–water partition coefficient (Wildman–Crippen LogP) is 1.77. The maximum atomic E-state index is 12.1. The first-order valence-corrected chi connectivity index (χ1v) is 8.87. The lowest BCUT2D eigenvalue weighted by atomic mass is 9.96. The number of carbonyl (C=O) groups is 2. The van der Waals surface area contributed by atoms with Gasteiger partial charge in [0.2, 0.25) is 0 Å². The van der Waals surface area contributed by atoms with E-state index in [1.807, 2.05) is 0 Å². The molecule has 1 saturated carbocycles. The molecule has 0 spiro atoms. The van der Waals surface area contributed by atoms with Gasteiger partial charge in [0.05, 0.1) is 18.7 Å². The van der Waals surface area contributed by atoms with Crippen molar-refractivity contribution in [3.8, 4) is 0 Å². The van der Waals surface area contributed by atoms with Gasteiger partial charge in [0.25, 0.3) is 0 Å². The predicted molar refractivity (Wildman–Crippen MR) is 86.7 cm³/mol. The standard InChI is InChI=1S/C17H27N3O3/c1-2-23-16(21)13-10-18-17(22)19-14(13)11-20-9-5-8-15(20)12-6-3-4-7-12/h12,15H,2-11H2,1H3,(H2,18,19,22)/t15-/m1/s1. The Morgan fingerprint density at radius 3 is 2.78 bits per heavy atom. The third-order valence-corrected chi connectivity index (χ3v) is 5.30. The first kappa shape index (κ1) is 16.3. The molecule has 3 rings (SSSR count). The van der Waals surface area contributed by atoms with E-state index in [4.69, 9.17) is 4.74 Å². The fraction of sp³-hybridized carbons (Fsp3) is 0.765. The summed E-state index contributed by atoms with van der Waals surface area (Å²) in [6, 6.07) is 0.366. The first-order valence-electron chi connectivity index (χ1n) is 8.87. The molecule has 1 aliphatic carbocycles. The first-order chi connectivity index (χ1) is 11.2. The zero-order valence-electron chi connectivity index (χ0n) is 13.9. The van der Waals surface area contributed by atoms with Gasteiger partial charge in [0.1, 0.15) is 0 Å². The Balaban J connectivity index is 1.74. The summed E-state index contributed by atoms with van der Waals surface area (Å²) in [6.07, 6.45) is 7.75. The van der Waals surface area contributed by atoms with Crippen LogP contribution in [-0.2, 0) is 9.53 Å². The number of hydrogen-bond acceptors (Lipinski definition) is 4. The molecule has 23 heavy (non-hydrogen) atoms. The van der Waals surface area contributed by atoms with Gasteiger partial charge in [0, 0.05) is 18.3 Å². The van der Waals surface area contributed by atoms with E-state index in [-0.39, 0.29) is 18.5 Å². The van der Waals surface area contributed by atoms with Gasteiger partial charge in [-0.25, -0.2) is 9.59 Å². The summed E-state index contributed by atoms with van der Waals surface area (Å²) in [5, 5.41) is 5.50. The van der Waals surface area contributed by atoms with E-state index < -0.39 is 0 Å². The number of likely N-dealkylation sites (tertiary alicyclic amines) is 1. The molecule has 128 valence electrons. The maximum Gasteiger partial charge on any atom is 0.337 e. The van der Waals surface area contributed by atoms with Gasteiger partial charge < -0.3 is 15.4 Å². The summed E-state index contributed by atoms with van der Waals surface area (Å²) >= 11 is 0. The number of amides is 2. The molecular weight excluding hydrogens is 294 g/mol. The fourth-order valence-electron chi connectivity index (χ4n) is 4.21. The molecule has 0 aromatic rings. The van der Waals surface area contributed by atoms with Crippen LogP contribution in [0.2, 0.25) is 0 Å². The van der Waals surface area contributed by atoms with Gasteiger partial charge in [-0.2, -0.15) is 0 Å². The molecular formula is C17H27N3O3. The van der Waals surface area contributed by atoms with E-state index in [0.29, 0.717) is 24.8 Å². The number of nitrogens with one attached hydrogen (secondary N) is 2. The van der Waals surface area contributed by atoms with E-state index >= 15 is 0 Å². The zero-order chi connectivity index (χ0) is 16.2. The average Bonchev–Trinajstić information content (AvgIpc) is 3.18. The quantitative estimate of drug-likeness (QED) is 0.757. The summed E-state index contributed by atoms with van der Waals surface area (Å²) < 4.78 is 5.13. The monoisotopic (exact) mass is 321 g/mol. The van der Waals surface area contributed by atoms with E-state index in [1.165, 1.54) is 38.5 Å². The van der Waals surface area contributed by atoms with Gasteiger partial charge in [-0.05, 0) is 45.1 Å². The average molecular weight is 321 g/mol. The van der Waals surface area contributed by atoms with Gasteiger partial charge in [-0.1, -0.05) is 12.8 Å². The van der Waals surface area contributed by atoms with E-state index in [2.05, 4.69) is 15.5 Å². The number of hydrogen-bond donors (Lipinski definition) is 2. The Hall–Kier alpha value is -1.56. The van der Waals surface area contributed by atoms with Crippen LogP contribution < -0.4 is 10.6 Å². The van der Waals surface area contributed by atoms with Gasteiger partial charge in [0.15, 0.2) is 0 Å².